The molecular weight excluding hydrogens is 240 g/mol. The minimum Gasteiger partial charge on any atom is -0.385 e. The van der Waals surface area contributed by atoms with Gasteiger partial charge in [-0.25, -0.2) is 9.97 Å². The monoisotopic (exact) mass is 262 g/mol. The van der Waals surface area contributed by atoms with Gasteiger partial charge < -0.3 is 15.8 Å². The van der Waals surface area contributed by atoms with Crippen molar-refractivity contribution in [2.24, 2.45) is 5.41 Å². The van der Waals surface area contributed by atoms with Crippen molar-refractivity contribution >= 4 is 11.6 Å². The maximum atomic E-state index is 5.85. The molecule has 0 unspecified atom stereocenters. The van der Waals surface area contributed by atoms with E-state index >= 15 is 0 Å². The lowest BCUT2D eigenvalue weighted by atomic mass is 10.0. The standard InChI is InChI=1S/C14H22N4O/c1-19-7-6-14(4-5-14)9-16-12-8-11(15)17-13(18-12)10-2-3-10/h8,10H,2-7,9H2,1H3,(H3,15,16,17,18). The third-order valence-electron chi connectivity index (χ3n) is 4.14. The number of aromatic nitrogens is 2. The summed E-state index contributed by atoms with van der Waals surface area (Å²) < 4.78 is 5.17. The minimum atomic E-state index is 0.412. The number of rotatable bonds is 7. The van der Waals surface area contributed by atoms with Crippen LogP contribution in [-0.2, 0) is 4.74 Å². The first-order chi connectivity index (χ1) is 9.21. The van der Waals surface area contributed by atoms with Crippen molar-refractivity contribution in [1.29, 1.82) is 0 Å². The quantitative estimate of drug-likeness (QED) is 0.787. The second-order valence-electron chi connectivity index (χ2n) is 5.91. The lowest BCUT2D eigenvalue weighted by Crippen LogP contribution is -2.18. The lowest BCUT2D eigenvalue weighted by Gasteiger charge is -2.16. The van der Waals surface area contributed by atoms with Crippen LogP contribution in [0.4, 0.5) is 11.6 Å². The predicted molar refractivity (Wildman–Crippen MR) is 75.1 cm³/mol. The van der Waals surface area contributed by atoms with Gasteiger partial charge in [-0.2, -0.15) is 0 Å². The fourth-order valence-corrected chi connectivity index (χ4v) is 2.39. The molecule has 0 saturated heterocycles. The molecule has 0 aliphatic heterocycles. The van der Waals surface area contributed by atoms with E-state index in [0.29, 0.717) is 17.2 Å². The Balaban J connectivity index is 1.60. The highest BCUT2D eigenvalue weighted by Gasteiger charge is 2.41. The fourth-order valence-electron chi connectivity index (χ4n) is 2.39. The van der Waals surface area contributed by atoms with Crippen LogP contribution < -0.4 is 11.1 Å². The third-order valence-corrected chi connectivity index (χ3v) is 4.14. The molecule has 3 rings (SSSR count). The van der Waals surface area contributed by atoms with E-state index < -0.39 is 0 Å². The molecule has 5 heteroatoms. The molecule has 0 bridgehead atoms. The highest BCUT2D eigenvalue weighted by atomic mass is 16.5. The van der Waals surface area contributed by atoms with Gasteiger partial charge in [-0.05, 0) is 37.5 Å². The average Bonchev–Trinajstić information content (AvgIpc) is 3.27. The molecule has 0 spiro atoms. The van der Waals surface area contributed by atoms with E-state index in [1.165, 1.54) is 25.7 Å². The van der Waals surface area contributed by atoms with E-state index in [0.717, 1.165) is 31.2 Å². The summed E-state index contributed by atoms with van der Waals surface area (Å²) in [6.07, 6.45) is 6.06. The van der Waals surface area contributed by atoms with Gasteiger partial charge >= 0.3 is 0 Å². The fraction of sp³-hybridized carbons (Fsp3) is 0.714. The highest BCUT2D eigenvalue weighted by Crippen LogP contribution is 2.48. The highest BCUT2D eigenvalue weighted by molar-refractivity contribution is 5.45. The van der Waals surface area contributed by atoms with Crippen molar-refractivity contribution in [3.63, 3.8) is 0 Å². The summed E-state index contributed by atoms with van der Waals surface area (Å²) in [6, 6.07) is 1.83. The van der Waals surface area contributed by atoms with Gasteiger partial charge in [0.1, 0.15) is 17.5 Å². The van der Waals surface area contributed by atoms with E-state index in [4.69, 9.17) is 10.5 Å². The smallest absolute Gasteiger partial charge is 0.136 e. The Kier molecular flexibility index (Phi) is 3.31. The zero-order valence-corrected chi connectivity index (χ0v) is 11.5. The molecule has 1 aromatic rings. The molecule has 5 nitrogen and oxygen atoms in total. The summed E-state index contributed by atoms with van der Waals surface area (Å²) in [4.78, 5) is 8.89. The molecule has 3 N–H and O–H groups in total. The number of nitrogen functional groups attached to an aromatic ring is 1. The second-order valence-corrected chi connectivity index (χ2v) is 5.91. The molecule has 104 valence electrons. The van der Waals surface area contributed by atoms with Gasteiger partial charge in [0.15, 0.2) is 0 Å². The average molecular weight is 262 g/mol. The Bertz CT molecular complexity index is 455. The van der Waals surface area contributed by atoms with Gasteiger partial charge in [-0.15, -0.1) is 0 Å². The Morgan fingerprint density at radius 2 is 2.21 bits per heavy atom. The van der Waals surface area contributed by atoms with Crippen LogP contribution >= 0.6 is 0 Å². The maximum absolute atomic E-state index is 5.85. The molecule has 0 aromatic carbocycles. The van der Waals surface area contributed by atoms with Crippen molar-refractivity contribution in [3.05, 3.63) is 11.9 Å². The summed E-state index contributed by atoms with van der Waals surface area (Å²) in [6.45, 7) is 1.79. The summed E-state index contributed by atoms with van der Waals surface area (Å²) in [5.41, 5.74) is 6.26. The number of nitrogens with one attached hydrogen (secondary N) is 1. The van der Waals surface area contributed by atoms with Crippen LogP contribution in [0.15, 0.2) is 6.07 Å². The van der Waals surface area contributed by atoms with Gasteiger partial charge in [0.2, 0.25) is 0 Å². The summed E-state index contributed by atoms with van der Waals surface area (Å²) in [5, 5.41) is 3.43. The van der Waals surface area contributed by atoms with Gasteiger partial charge in [0.05, 0.1) is 0 Å². The van der Waals surface area contributed by atoms with Crippen LogP contribution in [0.25, 0.3) is 0 Å². The van der Waals surface area contributed by atoms with Gasteiger partial charge in [-0.3, -0.25) is 0 Å². The Morgan fingerprint density at radius 1 is 1.42 bits per heavy atom. The molecule has 0 radical (unpaired) electrons. The molecule has 2 saturated carbocycles. The molecule has 19 heavy (non-hydrogen) atoms. The second kappa shape index (κ2) is 4.96. The zero-order chi connectivity index (χ0) is 13.3. The van der Waals surface area contributed by atoms with Crippen molar-refractivity contribution < 1.29 is 4.74 Å². The van der Waals surface area contributed by atoms with Gasteiger partial charge in [0, 0.05) is 32.2 Å². The van der Waals surface area contributed by atoms with E-state index in [2.05, 4.69) is 15.3 Å². The normalized spacial score (nSPS) is 20.3. The first-order valence-electron chi connectivity index (χ1n) is 7.08. The lowest BCUT2D eigenvalue weighted by molar-refractivity contribution is 0.175. The molecule has 2 aliphatic rings. The number of hydrogen-bond donors (Lipinski definition) is 2. The Labute approximate surface area is 114 Å². The van der Waals surface area contributed by atoms with Crippen molar-refractivity contribution in [2.45, 2.75) is 38.0 Å². The van der Waals surface area contributed by atoms with Gasteiger partial charge in [-0.1, -0.05) is 0 Å². The van der Waals surface area contributed by atoms with Crippen LogP contribution in [-0.4, -0.2) is 30.2 Å². The zero-order valence-electron chi connectivity index (χ0n) is 11.5. The molecular formula is C14H22N4O. The van der Waals surface area contributed by atoms with Crippen LogP contribution in [0.5, 0.6) is 0 Å². The predicted octanol–water partition coefficient (Wildman–Crippen LogP) is 2.16. The SMILES string of the molecule is COCCC1(CNc2cc(N)nc(C3CC3)n2)CC1. The van der Waals surface area contributed by atoms with Crippen molar-refractivity contribution in [1.82, 2.24) is 9.97 Å². The topological polar surface area (TPSA) is 73.1 Å². The minimum absolute atomic E-state index is 0.412. The van der Waals surface area contributed by atoms with Crippen LogP contribution in [0.1, 0.15) is 43.8 Å². The van der Waals surface area contributed by atoms with E-state index in [1.54, 1.807) is 7.11 Å². The summed E-state index contributed by atoms with van der Waals surface area (Å²) in [7, 11) is 1.76. The summed E-state index contributed by atoms with van der Waals surface area (Å²) >= 11 is 0. The van der Waals surface area contributed by atoms with Crippen LogP contribution in [0, 0.1) is 5.41 Å². The molecule has 2 fully saturated rings. The number of ether oxygens (including phenoxy) is 1. The number of nitrogens with two attached hydrogens (primary N) is 1. The first-order valence-corrected chi connectivity index (χ1v) is 7.08. The van der Waals surface area contributed by atoms with E-state index in [1.807, 2.05) is 6.07 Å². The number of methoxy groups -OCH3 is 1. The maximum Gasteiger partial charge on any atom is 0.136 e. The third kappa shape index (κ3) is 3.15. The summed E-state index contributed by atoms with van der Waals surface area (Å²) in [5.74, 6) is 2.89. The van der Waals surface area contributed by atoms with Gasteiger partial charge in [0.25, 0.3) is 0 Å². The largest absolute Gasteiger partial charge is 0.385 e. The number of hydrogen-bond acceptors (Lipinski definition) is 5. The molecule has 2 aliphatic carbocycles. The molecule has 0 atom stereocenters. The van der Waals surface area contributed by atoms with E-state index in [9.17, 15) is 0 Å². The number of anilines is 2. The number of nitrogens with zero attached hydrogens (tertiary/aromatic N) is 2. The molecule has 1 heterocycles. The molecule has 0 amide bonds. The van der Waals surface area contributed by atoms with Crippen molar-refractivity contribution in [2.75, 3.05) is 31.3 Å². The first kappa shape index (κ1) is 12.7. The molecule has 1 aromatic heterocycles. The van der Waals surface area contributed by atoms with Crippen LogP contribution in [0.3, 0.4) is 0 Å². The van der Waals surface area contributed by atoms with E-state index in [-0.39, 0.29) is 0 Å². The van der Waals surface area contributed by atoms with Crippen molar-refractivity contribution in [3.8, 4) is 0 Å². The van der Waals surface area contributed by atoms with Crippen LogP contribution in [0.2, 0.25) is 0 Å². The Morgan fingerprint density at radius 3 is 2.84 bits per heavy atom. The Hall–Kier alpha value is -1.36.